The second kappa shape index (κ2) is 11.6. The molecule has 33 heavy (non-hydrogen) atoms. The number of amides is 1. The van der Waals surface area contributed by atoms with Gasteiger partial charge in [-0.3, -0.25) is 4.79 Å². The van der Waals surface area contributed by atoms with Gasteiger partial charge in [0, 0.05) is 15.7 Å². The van der Waals surface area contributed by atoms with Crippen molar-refractivity contribution in [2.24, 2.45) is 5.10 Å². The molecule has 10 heteroatoms. The summed E-state index contributed by atoms with van der Waals surface area (Å²) in [6, 6.07) is 14.0. The Morgan fingerprint density at radius 3 is 2.79 bits per heavy atom. The van der Waals surface area contributed by atoms with Crippen LogP contribution in [0.25, 0.3) is 0 Å². The number of esters is 1. The van der Waals surface area contributed by atoms with Crippen LogP contribution in [0.2, 0.25) is 0 Å². The van der Waals surface area contributed by atoms with Crippen LogP contribution in [-0.2, 0) is 14.3 Å². The number of benzene rings is 2. The highest BCUT2D eigenvalue weighted by molar-refractivity contribution is 9.10. The minimum absolute atomic E-state index is 0.242. The van der Waals surface area contributed by atoms with Crippen molar-refractivity contribution < 1.29 is 19.1 Å². The average molecular weight is 531 g/mol. The van der Waals surface area contributed by atoms with Crippen molar-refractivity contribution in [1.29, 1.82) is 0 Å². The zero-order valence-corrected chi connectivity index (χ0v) is 20.5. The number of para-hydroxylation sites is 1. The number of halogens is 1. The number of hydrogen-bond acceptors (Lipinski definition) is 6. The Balaban J connectivity index is 1.72. The topological polar surface area (TPSA) is 101 Å². The van der Waals surface area contributed by atoms with Crippen molar-refractivity contribution in [3.8, 4) is 5.75 Å². The predicted octanol–water partition coefficient (Wildman–Crippen LogP) is 3.33. The largest absolute Gasteiger partial charge is 0.483 e. The van der Waals surface area contributed by atoms with Gasteiger partial charge in [0.15, 0.2) is 11.7 Å². The smallest absolute Gasteiger partial charge is 0.338 e. The maximum atomic E-state index is 12.6. The van der Waals surface area contributed by atoms with Gasteiger partial charge in [-0.25, -0.2) is 10.2 Å². The Morgan fingerprint density at radius 2 is 2.03 bits per heavy atom. The minimum atomic E-state index is -0.591. The molecular formula is C23H23BrN4O4S. The molecule has 2 aromatic rings. The summed E-state index contributed by atoms with van der Waals surface area (Å²) >= 11 is 8.66. The number of ether oxygens (including phenoxy) is 2. The van der Waals surface area contributed by atoms with Crippen molar-refractivity contribution in [1.82, 2.24) is 16.1 Å². The number of allylic oxidation sites excluding steroid dienone is 1. The fourth-order valence-corrected chi connectivity index (χ4v) is 3.89. The number of hydrazone groups is 1. The van der Waals surface area contributed by atoms with Gasteiger partial charge in [-0.1, -0.05) is 46.3 Å². The van der Waals surface area contributed by atoms with Crippen LogP contribution >= 0.6 is 28.1 Å². The van der Waals surface area contributed by atoms with Crippen LogP contribution < -0.4 is 20.8 Å². The summed E-state index contributed by atoms with van der Waals surface area (Å²) in [4.78, 5) is 24.8. The van der Waals surface area contributed by atoms with Crippen molar-refractivity contribution in [3.05, 3.63) is 75.4 Å². The van der Waals surface area contributed by atoms with E-state index in [0.717, 1.165) is 10.0 Å². The molecule has 8 nitrogen and oxygen atoms in total. The number of nitrogens with one attached hydrogen (secondary N) is 3. The van der Waals surface area contributed by atoms with Crippen LogP contribution in [0, 0.1) is 0 Å². The molecule has 172 valence electrons. The quantitative estimate of drug-likeness (QED) is 0.208. The average Bonchev–Trinajstić information content (AvgIpc) is 2.77. The molecule has 1 heterocycles. The van der Waals surface area contributed by atoms with Gasteiger partial charge in [0.1, 0.15) is 5.75 Å². The summed E-state index contributed by atoms with van der Waals surface area (Å²) in [5.74, 6) is -0.459. The first-order valence-corrected chi connectivity index (χ1v) is 11.3. The Bertz CT molecular complexity index is 1120. The summed E-state index contributed by atoms with van der Waals surface area (Å²) in [6.07, 6.45) is 1.54. The highest BCUT2D eigenvalue weighted by atomic mass is 79.9. The highest BCUT2D eigenvalue weighted by Gasteiger charge is 2.32. The molecule has 3 N–H and O–H groups in total. The lowest BCUT2D eigenvalue weighted by Gasteiger charge is -2.30. The van der Waals surface area contributed by atoms with Gasteiger partial charge in [-0.15, -0.1) is 0 Å². The summed E-state index contributed by atoms with van der Waals surface area (Å²) in [5.41, 5.74) is 4.90. The first-order valence-electron chi connectivity index (χ1n) is 10.1. The van der Waals surface area contributed by atoms with Gasteiger partial charge >= 0.3 is 5.97 Å². The molecule has 1 atom stereocenters. The van der Waals surface area contributed by atoms with Crippen molar-refractivity contribution >= 4 is 51.4 Å². The molecule has 0 fully saturated rings. The fraction of sp³-hybridized carbons (Fsp3) is 0.217. The lowest BCUT2D eigenvalue weighted by molar-refractivity contribution is -0.139. The molecule has 1 aliphatic rings. The summed E-state index contributed by atoms with van der Waals surface area (Å²) in [6.45, 7) is 3.48. The van der Waals surface area contributed by atoms with E-state index in [4.69, 9.17) is 21.7 Å². The molecule has 0 unspecified atom stereocenters. The Morgan fingerprint density at radius 1 is 1.24 bits per heavy atom. The van der Waals surface area contributed by atoms with E-state index < -0.39 is 17.9 Å². The van der Waals surface area contributed by atoms with Gasteiger partial charge in [0.05, 0.1) is 24.4 Å². The summed E-state index contributed by atoms with van der Waals surface area (Å²) in [5, 5.41) is 10.4. The van der Waals surface area contributed by atoms with Crippen LogP contribution in [0.15, 0.2) is 69.4 Å². The number of nitrogens with zero attached hydrogens (tertiary/aromatic N) is 1. The highest BCUT2D eigenvalue weighted by Crippen LogP contribution is 2.33. The van der Waals surface area contributed by atoms with Crippen LogP contribution in [0.1, 0.15) is 31.0 Å². The summed E-state index contributed by atoms with van der Waals surface area (Å²) in [7, 11) is 0. The SMILES string of the molecule is CCOC(=O)C1=C(C)NC(=S)N[C@@H]1c1ccccc1OCC(=O)NN=Cc1cccc(Br)c1. The first-order chi connectivity index (χ1) is 15.9. The molecule has 0 bridgehead atoms. The zero-order valence-electron chi connectivity index (χ0n) is 18.1. The Kier molecular flexibility index (Phi) is 8.56. The van der Waals surface area contributed by atoms with E-state index in [9.17, 15) is 9.59 Å². The normalized spacial score (nSPS) is 15.6. The lowest BCUT2D eigenvalue weighted by atomic mass is 9.95. The molecule has 0 aliphatic carbocycles. The van der Waals surface area contributed by atoms with E-state index in [1.165, 1.54) is 6.21 Å². The van der Waals surface area contributed by atoms with Crippen LogP contribution in [0.5, 0.6) is 5.75 Å². The van der Waals surface area contributed by atoms with Crippen LogP contribution in [-0.4, -0.2) is 36.4 Å². The third-order valence-electron chi connectivity index (χ3n) is 4.60. The summed E-state index contributed by atoms with van der Waals surface area (Å²) < 4.78 is 11.9. The monoisotopic (exact) mass is 530 g/mol. The Labute approximate surface area is 205 Å². The molecular weight excluding hydrogens is 508 g/mol. The van der Waals surface area contributed by atoms with E-state index in [-0.39, 0.29) is 13.2 Å². The van der Waals surface area contributed by atoms with Crippen molar-refractivity contribution in [2.75, 3.05) is 13.2 Å². The minimum Gasteiger partial charge on any atom is -0.483 e. The molecule has 0 radical (unpaired) electrons. The van der Waals surface area contributed by atoms with E-state index in [2.05, 4.69) is 37.1 Å². The second-order valence-corrected chi connectivity index (χ2v) is 8.29. The number of carbonyl (C=O) groups excluding carboxylic acids is 2. The molecule has 0 aromatic heterocycles. The maximum Gasteiger partial charge on any atom is 0.338 e. The molecule has 1 aliphatic heterocycles. The van der Waals surface area contributed by atoms with E-state index in [0.29, 0.717) is 27.7 Å². The van der Waals surface area contributed by atoms with Gasteiger partial charge in [-0.2, -0.15) is 5.10 Å². The third-order valence-corrected chi connectivity index (χ3v) is 5.32. The maximum absolute atomic E-state index is 12.6. The Hall–Kier alpha value is -3.24. The number of rotatable bonds is 8. The van der Waals surface area contributed by atoms with Gasteiger partial charge in [-0.05, 0) is 49.8 Å². The number of carbonyl (C=O) groups is 2. The molecule has 0 spiro atoms. The first kappa shape index (κ1) is 24.4. The van der Waals surface area contributed by atoms with E-state index in [1.54, 1.807) is 32.0 Å². The zero-order chi connectivity index (χ0) is 23.8. The predicted molar refractivity (Wildman–Crippen MR) is 133 cm³/mol. The van der Waals surface area contributed by atoms with E-state index >= 15 is 0 Å². The lowest BCUT2D eigenvalue weighted by Crippen LogP contribution is -2.45. The molecule has 1 amide bonds. The molecule has 0 saturated heterocycles. The van der Waals surface area contributed by atoms with Crippen molar-refractivity contribution in [3.63, 3.8) is 0 Å². The fourth-order valence-electron chi connectivity index (χ4n) is 3.20. The van der Waals surface area contributed by atoms with Crippen LogP contribution in [0.3, 0.4) is 0 Å². The van der Waals surface area contributed by atoms with Gasteiger partial charge < -0.3 is 20.1 Å². The molecule has 2 aromatic carbocycles. The van der Waals surface area contributed by atoms with Crippen LogP contribution in [0.4, 0.5) is 0 Å². The number of hydrogen-bond donors (Lipinski definition) is 3. The van der Waals surface area contributed by atoms with Crippen molar-refractivity contribution in [2.45, 2.75) is 19.9 Å². The third kappa shape index (κ3) is 6.62. The standard InChI is InChI=1S/C23H23BrN4O4S/c1-3-31-22(30)20-14(2)26-23(33)27-21(20)17-9-4-5-10-18(17)32-13-19(29)28-25-12-15-7-6-8-16(24)11-15/h4-12,21H,3,13H2,1-2H3,(H,28,29)(H2,26,27,33)/t21-/m1/s1. The van der Waals surface area contributed by atoms with Gasteiger partial charge in [0.25, 0.3) is 5.91 Å². The van der Waals surface area contributed by atoms with Gasteiger partial charge in [0.2, 0.25) is 0 Å². The number of thiocarbonyl (C=S) groups is 1. The molecule has 3 rings (SSSR count). The van der Waals surface area contributed by atoms with E-state index in [1.807, 2.05) is 30.3 Å². The molecule has 0 saturated carbocycles. The second-order valence-electron chi connectivity index (χ2n) is 6.97.